The summed E-state index contributed by atoms with van der Waals surface area (Å²) in [6, 6.07) is 3.30. The maximum Gasteiger partial charge on any atom is 0.0328 e. The van der Waals surface area contributed by atoms with E-state index in [1.807, 2.05) is 11.3 Å². The number of thiophene rings is 1. The smallest absolute Gasteiger partial charge is 0.0328 e. The molecular formula is C18H31N3S. The Labute approximate surface area is 139 Å². The lowest BCUT2D eigenvalue weighted by Crippen LogP contribution is -2.36. The normalized spacial score (nSPS) is 22.5. The van der Waals surface area contributed by atoms with Gasteiger partial charge in [0.25, 0.3) is 0 Å². The van der Waals surface area contributed by atoms with Gasteiger partial charge in [-0.1, -0.05) is 12.8 Å². The van der Waals surface area contributed by atoms with Gasteiger partial charge in [0.2, 0.25) is 0 Å². The average Bonchev–Trinajstić information content (AvgIpc) is 3.09. The molecule has 1 aromatic heterocycles. The number of nitrogens with zero attached hydrogens (tertiary/aromatic N) is 3. The molecule has 2 fully saturated rings. The Kier molecular flexibility index (Phi) is 5.91. The molecule has 2 heterocycles. The van der Waals surface area contributed by atoms with Crippen LogP contribution in [0.3, 0.4) is 0 Å². The highest BCUT2D eigenvalue weighted by Gasteiger charge is 2.24. The lowest BCUT2D eigenvalue weighted by Gasteiger charge is -2.27. The Morgan fingerprint density at radius 1 is 1.09 bits per heavy atom. The van der Waals surface area contributed by atoms with Crippen molar-refractivity contribution in [3.8, 4) is 0 Å². The summed E-state index contributed by atoms with van der Waals surface area (Å²) < 4.78 is 0. The van der Waals surface area contributed by atoms with Gasteiger partial charge in [-0.3, -0.25) is 9.80 Å². The molecule has 0 N–H and O–H groups in total. The third-order valence-electron chi connectivity index (χ3n) is 5.05. The Balaban J connectivity index is 1.49. The minimum absolute atomic E-state index is 0.897. The molecule has 0 aromatic carbocycles. The third kappa shape index (κ3) is 4.54. The van der Waals surface area contributed by atoms with Crippen molar-refractivity contribution in [2.45, 2.75) is 51.2 Å². The summed E-state index contributed by atoms with van der Waals surface area (Å²) in [6.45, 7) is 7.32. The summed E-state index contributed by atoms with van der Waals surface area (Å²) in [4.78, 5) is 9.22. The molecule has 0 unspecified atom stereocenters. The summed E-state index contributed by atoms with van der Waals surface area (Å²) in [5, 5.41) is 2.33. The number of rotatable bonds is 5. The molecule has 0 spiro atoms. The zero-order valence-electron chi connectivity index (χ0n) is 14.3. The van der Waals surface area contributed by atoms with Crippen molar-refractivity contribution >= 4 is 11.3 Å². The first-order valence-electron chi connectivity index (χ1n) is 8.88. The standard InChI is InChI=1S/C18H31N3S/c1-19(2)13-16-12-18(22-15-16)14-20-8-5-9-21(11-10-20)17-6-3-4-7-17/h12,15,17H,3-11,13-14H2,1-2H3. The molecule has 2 aliphatic rings. The molecule has 22 heavy (non-hydrogen) atoms. The van der Waals surface area contributed by atoms with Crippen LogP contribution < -0.4 is 0 Å². The van der Waals surface area contributed by atoms with Crippen LogP contribution in [0.2, 0.25) is 0 Å². The maximum atomic E-state index is 2.78. The molecule has 0 radical (unpaired) electrons. The second kappa shape index (κ2) is 7.91. The van der Waals surface area contributed by atoms with Gasteiger partial charge in [0, 0.05) is 37.1 Å². The Bertz CT molecular complexity index is 451. The van der Waals surface area contributed by atoms with Crippen LogP contribution in [0.1, 0.15) is 42.5 Å². The van der Waals surface area contributed by atoms with Gasteiger partial charge in [0.1, 0.15) is 0 Å². The van der Waals surface area contributed by atoms with Gasteiger partial charge in [0.15, 0.2) is 0 Å². The van der Waals surface area contributed by atoms with Crippen molar-refractivity contribution in [3.05, 3.63) is 21.9 Å². The van der Waals surface area contributed by atoms with E-state index in [1.165, 1.54) is 68.7 Å². The molecule has 124 valence electrons. The second-order valence-electron chi connectivity index (χ2n) is 7.26. The summed E-state index contributed by atoms with van der Waals surface area (Å²) >= 11 is 1.94. The summed E-state index contributed by atoms with van der Waals surface area (Å²) in [6.07, 6.45) is 7.13. The van der Waals surface area contributed by atoms with Crippen molar-refractivity contribution < 1.29 is 0 Å². The molecule has 3 nitrogen and oxygen atoms in total. The SMILES string of the molecule is CN(C)Cc1csc(CN2CCCN(C3CCCC3)CC2)c1. The van der Waals surface area contributed by atoms with Crippen LogP contribution in [-0.4, -0.2) is 61.0 Å². The van der Waals surface area contributed by atoms with E-state index in [9.17, 15) is 0 Å². The van der Waals surface area contributed by atoms with Gasteiger partial charge in [-0.15, -0.1) is 11.3 Å². The molecular weight excluding hydrogens is 290 g/mol. The van der Waals surface area contributed by atoms with Gasteiger partial charge in [-0.05, 0) is 63.5 Å². The van der Waals surface area contributed by atoms with Crippen molar-refractivity contribution in [3.63, 3.8) is 0 Å². The first-order valence-corrected chi connectivity index (χ1v) is 9.76. The van der Waals surface area contributed by atoms with Gasteiger partial charge in [0.05, 0.1) is 0 Å². The fraction of sp³-hybridized carbons (Fsp3) is 0.778. The third-order valence-corrected chi connectivity index (χ3v) is 6.02. The van der Waals surface area contributed by atoms with Crippen molar-refractivity contribution in [1.82, 2.24) is 14.7 Å². The Morgan fingerprint density at radius 2 is 1.91 bits per heavy atom. The summed E-state index contributed by atoms with van der Waals surface area (Å²) in [5.41, 5.74) is 1.47. The van der Waals surface area contributed by atoms with Gasteiger partial charge < -0.3 is 4.90 Å². The fourth-order valence-corrected chi connectivity index (χ4v) is 4.88. The number of hydrogen-bond donors (Lipinski definition) is 0. The Hall–Kier alpha value is -0.420. The predicted molar refractivity (Wildman–Crippen MR) is 95.4 cm³/mol. The molecule has 0 atom stereocenters. The van der Waals surface area contributed by atoms with E-state index < -0.39 is 0 Å². The highest BCUT2D eigenvalue weighted by molar-refractivity contribution is 7.10. The van der Waals surface area contributed by atoms with E-state index in [0.29, 0.717) is 0 Å². The van der Waals surface area contributed by atoms with Crippen LogP contribution in [-0.2, 0) is 13.1 Å². The maximum absolute atomic E-state index is 2.78. The zero-order chi connectivity index (χ0) is 15.4. The first kappa shape index (κ1) is 16.4. The van der Waals surface area contributed by atoms with Crippen LogP contribution >= 0.6 is 11.3 Å². The highest BCUT2D eigenvalue weighted by Crippen LogP contribution is 2.25. The minimum atomic E-state index is 0.897. The second-order valence-corrected chi connectivity index (χ2v) is 8.26. The van der Waals surface area contributed by atoms with E-state index >= 15 is 0 Å². The molecule has 1 aromatic rings. The van der Waals surface area contributed by atoms with Crippen LogP contribution in [0, 0.1) is 0 Å². The van der Waals surface area contributed by atoms with E-state index in [4.69, 9.17) is 0 Å². The average molecular weight is 322 g/mol. The van der Waals surface area contributed by atoms with Crippen molar-refractivity contribution in [2.75, 3.05) is 40.3 Å². The topological polar surface area (TPSA) is 9.72 Å². The predicted octanol–water partition coefficient (Wildman–Crippen LogP) is 3.26. The summed E-state index contributed by atoms with van der Waals surface area (Å²) in [7, 11) is 4.29. The van der Waals surface area contributed by atoms with Crippen LogP contribution in [0.4, 0.5) is 0 Å². The first-order chi connectivity index (χ1) is 10.7. The van der Waals surface area contributed by atoms with Gasteiger partial charge in [-0.2, -0.15) is 0 Å². The quantitative estimate of drug-likeness (QED) is 0.824. The van der Waals surface area contributed by atoms with E-state index in [2.05, 4.69) is 40.2 Å². The van der Waals surface area contributed by atoms with Crippen LogP contribution in [0.15, 0.2) is 11.4 Å². The van der Waals surface area contributed by atoms with Crippen LogP contribution in [0.5, 0.6) is 0 Å². The molecule has 1 aliphatic heterocycles. The Morgan fingerprint density at radius 3 is 2.68 bits per heavy atom. The molecule has 0 amide bonds. The molecule has 3 rings (SSSR count). The van der Waals surface area contributed by atoms with E-state index in [1.54, 1.807) is 0 Å². The van der Waals surface area contributed by atoms with Gasteiger partial charge in [-0.25, -0.2) is 0 Å². The molecule has 4 heteroatoms. The monoisotopic (exact) mass is 321 g/mol. The summed E-state index contributed by atoms with van der Waals surface area (Å²) in [5.74, 6) is 0. The van der Waals surface area contributed by atoms with Crippen LogP contribution in [0.25, 0.3) is 0 Å². The lowest BCUT2D eigenvalue weighted by molar-refractivity contribution is 0.198. The largest absolute Gasteiger partial charge is 0.305 e. The lowest BCUT2D eigenvalue weighted by atomic mass is 10.2. The van der Waals surface area contributed by atoms with E-state index in [0.717, 1.165) is 19.1 Å². The molecule has 1 saturated heterocycles. The molecule has 0 bridgehead atoms. The van der Waals surface area contributed by atoms with E-state index in [-0.39, 0.29) is 0 Å². The molecule has 1 aliphatic carbocycles. The van der Waals surface area contributed by atoms with Gasteiger partial charge >= 0.3 is 0 Å². The zero-order valence-corrected chi connectivity index (χ0v) is 15.1. The van der Waals surface area contributed by atoms with Crippen molar-refractivity contribution in [1.29, 1.82) is 0 Å². The van der Waals surface area contributed by atoms with Crippen molar-refractivity contribution in [2.24, 2.45) is 0 Å². The molecule has 1 saturated carbocycles. The fourth-order valence-electron chi connectivity index (χ4n) is 3.96. The number of hydrogen-bond acceptors (Lipinski definition) is 4. The minimum Gasteiger partial charge on any atom is -0.305 e. The highest BCUT2D eigenvalue weighted by atomic mass is 32.1.